The lowest BCUT2D eigenvalue weighted by atomic mass is 10.0. The molecule has 4 aromatic carbocycles. The maximum atomic E-state index is 12.2. The molecule has 30 heteroatoms. The summed E-state index contributed by atoms with van der Waals surface area (Å²) >= 11 is 70.0. The Kier molecular flexibility index (Phi) is 51.2. The number of benzene rings is 4. The Balaban J connectivity index is -0.000000573. The van der Waals surface area contributed by atoms with E-state index >= 15 is 0 Å². The average molecular weight is 1600 g/mol. The number of hydrogen-bond donors (Lipinski definition) is 3. The summed E-state index contributed by atoms with van der Waals surface area (Å²) in [4.78, 5) is 23.7. The van der Waals surface area contributed by atoms with Crippen molar-refractivity contribution >= 4 is 195 Å². The molecule has 0 aromatic heterocycles. The van der Waals surface area contributed by atoms with E-state index in [0.717, 1.165) is 24.9 Å². The number of ether oxygens (including phenoxy) is 9. The normalized spacial score (nSPS) is 10.9. The first kappa shape index (κ1) is 90.0. The highest BCUT2D eigenvalue weighted by molar-refractivity contribution is 14.0. The molecule has 2 atom stereocenters. The lowest BCUT2D eigenvalue weighted by Gasteiger charge is -2.19. The first-order valence-corrected chi connectivity index (χ1v) is 29.1. The summed E-state index contributed by atoms with van der Waals surface area (Å²) in [6, 6.07) is 15.1. The molecule has 14 nitrogen and oxygen atoms in total. The number of carbonyl (C=O) groups excluding carboxylic acids is 2. The minimum atomic E-state index is -0.569. The third-order valence-corrected chi connectivity index (χ3v) is 12.0. The Morgan fingerprint density at radius 3 is 1.27 bits per heavy atom. The molecule has 4 aromatic rings. The molecule has 2 amide bonds. The van der Waals surface area contributed by atoms with Crippen molar-refractivity contribution in [2.45, 2.75) is 92.8 Å². The van der Waals surface area contributed by atoms with Gasteiger partial charge in [0.25, 0.3) is 0 Å². The highest BCUT2D eigenvalue weighted by Crippen LogP contribution is 2.43. The second kappa shape index (κ2) is 48.4. The van der Waals surface area contributed by atoms with Crippen LogP contribution in [0.15, 0.2) is 86.3 Å². The van der Waals surface area contributed by atoms with Crippen LogP contribution in [0.1, 0.15) is 80.7 Å². The van der Waals surface area contributed by atoms with Gasteiger partial charge in [0.15, 0.2) is 28.7 Å². The van der Waals surface area contributed by atoms with Crippen LogP contribution in [0.2, 0.25) is 30.1 Å². The van der Waals surface area contributed by atoms with E-state index in [4.69, 9.17) is 182 Å². The fraction of sp³-hybridized carbons (Fsp3) is 0.418. The number of alkyl carbamates (subject to hydrolysis) is 1. The molecule has 484 valence electrons. The van der Waals surface area contributed by atoms with E-state index in [1.165, 1.54) is 18.2 Å². The maximum Gasteiger partial charge on any atom is 0.412 e. The van der Waals surface area contributed by atoms with E-state index in [1.807, 2.05) is 39.8 Å². The number of amides is 2. The third kappa shape index (κ3) is 38.1. The molecule has 0 aliphatic carbocycles. The highest BCUT2D eigenvalue weighted by atomic mass is 127. The second-order valence-corrected chi connectivity index (χ2v) is 23.0. The summed E-state index contributed by atoms with van der Waals surface area (Å²) in [5, 5.41) is 7.35. The molecule has 0 spiro atoms. The van der Waals surface area contributed by atoms with E-state index in [1.54, 1.807) is 63.2 Å². The van der Waals surface area contributed by atoms with Gasteiger partial charge in [0.1, 0.15) is 61.7 Å². The van der Waals surface area contributed by atoms with Gasteiger partial charge in [-0.2, -0.15) is 19.8 Å². The number of rotatable bonds is 24. The lowest BCUT2D eigenvalue weighted by Crippen LogP contribution is -3.00. The van der Waals surface area contributed by atoms with Crippen molar-refractivity contribution in [3.8, 4) is 46.0 Å². The third-order valence-electron chi connectivity index (χ3n) is 9.35. The number of hydrogen-bond acceptors (Lipinski definition) is 11. The summed E-state index contributed by atoms with van der Waals surface area (Å²) in [5.41, 5.74) is 3.89. The van der Waals surface area contributed by atoms with Crippen LogP contribution < -0.4 is 66.7 Å². The minimum Gasteiger partial charge on any atom is -1.00 e. The van der Waals surface area contributed by atoms with Crippen molar-refractivity contribution in [1.82, 2.24) is 10.6 Å². The molecule has 0 saturated carbocycles. The van der Waals surface area contributed by atoms with Crippen LogP contribution >= 0.6 is 183 Å². The van der Waals surface area contributed by atoms with Crippen molar-refractivity contribution in [1.29, 1.82) is 0 Å². The highest BCUT2D eigenvalue weighted by Gasteiger charge is 2.33. The monoisotopic (exact) mass is 1600 g/mol. The van der Waals surface area contributed by atoms with Gasteiger partial charge in [-0.15, -0.1) is 24.0 Å². The van der Waals surface area contributed by atoms with Gasteiger partial charge in [0.05, 0.1) is 56.5 Å². The van der Waals surface area contributed by atoms with Crippen LogP contribution in [-0.2, 0) is 11.2 Å². The van der Waals surface area contributed by atoms with E-state index in [9.17, 15) is 9.59 Å². The van der Waals surface area contributed by atoms with Crippen LogP contribution in [0, 0.1) is 0 Å². The summed E-state index contributed by atoms with van der Waals surface area (Å²) in [5.74, 6) is 3.58. The molecule has 0 radical (unpaired) electrons. The Labute approximate surface area is 590 Å². The van der Waals surface area contributed by atoms with Crippen LogP contribution in [0.3, 0.4) is 0 Å². The fourth-order valence-electron chi connectivity index (χ4n) is 6.14. The van der Waals surface area contributed by atoms with E-state index in [2.05, 4.69) is 16.4 Å². The van der Waals surface area contributed by atoms with Gasteiger partial charge in [-0.05, 0) is 71.8 Å². The van der Waals surface area contributed by atoms with Crippen LogP contribution in [0.4, 0.5) is 9.59 Å². The van der Waals surface area contributed by atoms with Crippen molar-refractivity contribution in [3.63, 3.8) is 0 Å². The summed E-state index contributed by atoms with van der Waals surface area (Å²) < 4.78 is 49.8. The molecule has 5 N–H and O–H groups in total. The molecule has 0 bridgehead atoms. The quantitative estimate of drug-likeness (QED) is 0.0347. The van der Waals surface area contributed by atoms with Crippen molar-refractivity contribution in [2.24, 2.45) is 0 Å². The molecule has 2 unspecified atom stereocenters. The maximum absolute atomic E-state index is 12.2. The zero-order valence-electron chi connectivity index (χ0n) is 47.1. The van der Waals surface area contributed by atoms with Crippen LogP contribution in [0.25, 0.3) is 0 Å². The Morgan fingerprint density at radius 1 is 0.600 bits per heavy atom. The van der Waals surface area contributed by atoms with Crippen LogP contribution in [-0.4, -0.2) is 82.7 Å². The second-order valence-electron chi connectivity index (χ2n) is 17.5. The topological polar surface area (TPSA) is 169 Å². The molecule has 1 aliphatic rings. The standard InChI is InChI=1S/C23H23Cl4NO5.C17H21Cl4NO4.C12H13Cl4NO2.C2H6.CH4.ClH.HI.2H3P/c1-23(2)13-14-5-3-6-18(20(14)33-23)32-22(29)28-8-4-9-31-21-16(24)11-15(12-17(21)25)30-10-7-19(26)27;1-17(2,3)26-16(23)22-6-4-7-25-15-12(18)9-11(10-13(15)19)24-8-5-14(20)21;13-9-6-8(18-5-2-11(15)16)7-10(14)12(9)19-4-1-3-17;1-2;;;;;/h3,5-7,11-12H,4,8-10,13H2,1-2H3,(H,28,29);5,9-10H,4,6-8H2,1-3H3,(H,22,23);2,6-7H,1,3-5,17H2;1-2H3;1H4;2*1H;2*1H3. The summed E-state index contributed by atoms with van der Waals surface area (Å²) in [6.45, 7) is 16.6. The Bertz CT molecular complexity index is 2630. The van der Waals surface area contributed by atoms with E-state index < -0.39 is 17.8 Å². The first-order chi connectivity index (χ1) is 37.8. The number of quaternary nitrogens is 1. The zero-order chi connectivity index (χ0) is 60.0. The minimum absolute atomic E-state index is 0. The number of para-hydroxylation sites is 1. The van der Waals surface area contributed by atoms with Gasteiger partial charge in [-0.3, -0.25) is 0 Å². The largest absolute Gasteiger partial charge is 1.00 e. The van der Waals surface area contributed by atoms with E-state index in [0.29, 0.717) is 115 Å². The molecule has 85 heavy (non-hydrogen) atoms. The number of nitrogens with one attached hydrogen (secondary N) is 2. The molecule has 0 fully saturated rings. The Morgan fingerprint density at radius 2 is 0.941 bits per heavy atom. The molecular formula is C55H75Cl13IN3O11P2. The van der Waals surface area contributed by atoms with Gasteiger partial charge >= 0.3 is 12.2 Å². The molecular weight excluding hydrogens is 1530 g/mol. The van der Waals surface area contributed by atoms with Gasteiger partial charge in [-0.25, -0.2) is 9.59 Å². The van der Waals surface area contributed by atoms with Gasteiger partial charge in [0.2, 0.25) is 0 Å². The fourth-order valence-corrected chi connectivity index (χ4v) is 8.25. The number of fused-ring (bicyclic) bond motifs is 1. The smallest absolute Gasteiger partial charge is 0.412 e. The number of halogens is 14. The molecule has 1 aliphatic heterocycles. The number of carbonyl (C=O) groups is 2. The van der Waals surface area contributed by atoms with Gasteiger partial charge in [0, 0.05) is 67.9 Å². The van der Waals surface area contributed by atoms with Crippen molar-refractivity contribution in [2.75, 3.05) is 59.3 Å². The van der Waals surface area contributed by atoms with Crippen molar-refractivity contribution in [3.05, 3.63) is 122 Å². The van der Waals surface area contributed by atoms with Gasteiger partial charge < -0.3 is 71.4 Å². The predicted octanol–water partition coefficient (Wildman–Crippen LogP) is 16.0. The van der Waals surface area contributed by atoms with Crippen molar-refractivity contribution < 1.29 is 70.4 Å². The SMILES string of the molecule is C.CC.CC(C)(C)OC(=O)NCCCOc1c(Cl)cc(OCC=C(Cl)Cl)cc1Cl.CC1(C)Cc2cccc(OC(=O)NCCCOc3c(Cl)cc(OCC=C(Cl)Cl)cc3Cl)c2O1.I.P.P.[Cl-].[NH3+]CCCOc1c(Cl)cc(OCC=C(Cl)Cl)cc1Cl. The average Bonchev–Trinajstić information content (AvgIpc) is 3.52. The zero-order valence-corrected chi connectivity index (χ0v) is 62.0. The molecule has 5 rings (SSSR count). The predicted molar refractivity (Wildman–Crippen MR) is 372 cm³/mol. The molecule has 0 saturated heterocycles. The lowest BCUT2D eigenvalue weighted by molar-refractivity contribution is -0.368. The Hall–Kier alpha value is -1.44. The molecule has 1 heterocycles. The summed E-state index contributed by atoms with van der Waals surface area (Å²) in [6.07, 6.45) is 6.13. The van der Waals surface area contributed by atoms with Crippen LogP contribution in [0.5, 0.6) is 46.0 Å². The first-order valence-electron chi connectivity index (χ1n) is 24.6. The summed E-state index contributed by atoms with van der Waals surface area (Å²) in [7, 11) is 0. The van der Waals surface area contributed by atoms with E-state index in [-0.39, 0.29) is 109 Å². The van der Waals surface area contributed by atoms with Gasteiger partial charge in [-0.1, -0.05) is 173 Å².